The van der Waals surface area contributed by atoms with E-state index in [0.29, 0.717) is 35.2 Å². The minimum Gasteiger partial charge on any atom is -0.493 e. The molecular weight excluding hydrogens is 388 g/mol. The van der Waals surface area contributed by atoms with Crippen molar-refractivity contribution in [2.45, 2.75) is 19.4 Å². The van der Waals surface area contributed by atoms with Gasteiger partial charge in [-0.2, -0.15) is 5.10 Å². The van der Waals surface area contributed by atoms with Crippen molar-refractivity contribution in [2.75, 3.05) is 35.5 Å². The fourth-order valence-electron chi connectivity index (χ4n) is 3.62. The predicted octanol–water partition coefficient (Wildman–Crippen LogP) is 3.43. The zero-order valence-electron chi connectivity index (χ0n) is 18.0. The molecule has 0 aromatic heterocycles. The molecule has 0 saturated heterocycles. The van der Waals surface area contributed by atoms with Crippen molar-refractivity contribution in [1.82, 2.24) is 5.01 Å². The standard InChI is InChI=1S/C22H26N2O6/c1-13(25)24-17(15-8-10-19(27-3)22(30-6)21(15)29-5)12-16(23-24)14-7-9-18(26-2)20(11-14)28-4/h7-11,17H,12H2,1-6H3/t17-/m1/s1. The van der Waals surface area contributed by atoms with E-state index < -0.39 is 0 Å². The van der Waals surface area contributed by atoms with E-state index in [-0.39, 0.29) is 11.9 Å². The molecule has 0 bridgehead atoms. The zero-order chi connectivity index (χ0) is 21.8. The van der Waals surface area contributed by atoms with Crippen LogP contribution in [0.25, 0.3) is 0 Å². The number of hydrogen-bond acceptors (Lipinski definition) is 7. The van der Waals surface area contributed by atoms with E-state index in [1.54, 1.807) is 41.6 Å². The first-order valence-electron chi connectivity index (χ1n) is 9.37. The van der Waals surface area contributed by atoms with Crippen LogP contribution in [0.2, 0.25) is 0 Å². The second kappa shape index (κ2) is 8.94. The Morgan fingerprint density at radius 2 is 1.50 bits per heavy atom. The summed E-state index contributed by atoms with van der Waals surface area (Å²) in [4.78, 5) is 12.4. The highest BCUT2D eigenvalue weighted by molar-refractivity contribution is 6.03. The number of methoxy groups -OCH3 is 5. The number of carbonyl (C=O) groups is 1. The van der Waals surface area contributed by atoms with Crippen molar-refractivity contribution in [3.8, 4) is 28.7 Å². The van der Waals surface area contributed by atoms with Gasteiger partial charge in [-0.25, -0.2) is 5.01 Å². The van der Waals surface area contributed by atoms with Crippen molar-refractivity contribution in [2.24, 2.45) is 5.10 Å². The first-order valence-corrected chi connectivity index (χ1v) is 9.37. The molecule has 1 aliphatic rings. The molecule has 3 rings (SSSR count). The Hall–Kier alpha value is -3.42. The highest BCUT2D eigenvalue weighted by Crippen LogP contribution is 2.46. The number of benzene rings is 2. The van der Waals surface area contributed by atoms with E-state index in [1.165, 1.54) is 11.9 Å². The fourth-order valence-corrected chi connectivity index (χ4v) is 3.62. The quantitative estimate of drug-likeness (QED) is 0.691. The lowest BCUT2D eigenvalue weighted by molar-refractivity contribution is -0.130. The minimum absolute atomic E-state index is 0.174. The van der Waals surface area contributed by atoms with Crippen molar-refractivity contribution >= 4 is 11.6 Å². The van der Waals surface area contributed by atoms with Crippen LogP contribution in [0.15, 0.2) is 35.4 Å². The maximum Gasteiger partial charge on any atom is 0.240 e. The minimum atomic E-state index is -0.347. The molecule has 30 heavy (non-hydrogen) atoms. The molecule has 160 valence electrons. The average Bonchev–Trinajstić information content (AvgIpc) is 3.22. The van der Waals surface area contributed by atoms with Crippen LogP contribution in [0, 0.1) is 0 Å². The molecule has 8 heteroatoms. The van der Waals surface area contributed by atoms with Crippen molar-refractivity contribution in [1.29, 1.82) is 0 Å². The molecule has 0 unspecified atom stereocenters. The molecule has 1 amide bonds. The first kappa shape index (κ1) is 21.3. The number of nitrogens with zero attached hydrogens (tertiary/aromatic N) is 2. The van der Waals surface area contributed by atoms with Crippen LogP contribution in [-0.2, 0) is 4.79 Å². The third-order valence-electron chi connectivity index (χ3n) is 5.04. The average molecular weight is 414 g/mol. The van der Waals surface area contributed by atoms with Crippen LogP contribution in [0.5, 0.6) is 28.7 Å². The van der Waals surface area contributed by atoms with Crippen LogP contribution >= 0.6 is 0 Å². The van der Waals surface area contributed by atoms with Gasteiger partial charge in [0.05, 0.1) is 47.3 Å². The molecule has 1 heterocycles. The molecule has 0 N–H and O–H groups in total. The Kier molecular flexibility index (Phi) is 6.34. The second-order valence-corrected chi connectivity index (χ2v) is 6.62. The lowest BCUT2D eigenvalue weighted by Gasteiger charge is -2.24. The molecule has 2 aromatic carbocycles. The van der Waals surface area contributed by atoms with Crippen molar-refractivity contribution in [3.05, 3.63) is 41.5 Å². The number of hydrazone groups is 1. The van der Waals surface area contributed by atoms with Gasteiger partial charge in [-0.1, -0.05) is 0 Å². The third-order valence-corrected chi connectivity index (χ3v) is 5.04. The Labute approximate surface area is 175 Å². The summed E-state index contributed by atoms with van der Waals surface area (Å²) >= 11 is 0. The van der Waals surface area contributed by atoms with Crippen molar-refractivity contribution < 1.29 is 28.5 Å². The van der Waals surface area contributed by atoms with Crippen LogP contribution in [0.3, 0.4) is 0 Å². The summed E-state index contributed by atoms with van der Waals surface area (Å²) in [5, 5.41) is 6.06. The van der Waals surface area contributed by atoms with Gasteiger partial charge in [0.2, 0.25) is 11.7 Å². The van der Waals surface area contributed by atoms with Gasteiger partial charge in [-0.15, -0.1) is 0 Å². The topological polar surface area (TPSA) is 78.8 Å². The summed E-state index contributed by atoms with van der Waals surface area (Å²) in [6.45, 7) is 1.49. The second-order valence-electron chi connectivity index (χ2n) is 6.62. The molecule has 0 aliphatic carbocycles. The Morgan fingerprint density at radius 3 is 2.07 bits per heavy atom. The van der Waals surface area contributed by atoms with E-state index in [2.05, 4.69) is 5.10 Å². The molecule has 2 aromatic rings. The number of amides is 1. The van der Waals surface area contributed by atoms with Gasteiger partial charge in [0, 0.05) is 24.5 Å². The molecule has 1 aliphatic heterocycles. The van der Waals surface area contributed by atoms with Gasteiger partial charge in [0.1, 0.15) is 0 Å². The molecule has 0 spiro atoms. The summed E-state index contributed by atoms with van der Waals surface area (Å²) in [5.41, 5.74) is 2.39. The Balaban J connectivity index is 2.04. The molecule has 8 nitrogen and oxygen atoms in total. The summed E-state index contributed by atoms with van der Waals surface area (Å²) in [7, 11) is 7.84. The maximum absolute atomic E-state index is 12.4. The van der Waals surface area contributed by atoms with Gasteiger partial charge >= 0.3 is 0 Å². The van der Waals surface area contributed by atoms with Crippen molar-refractivity contribution in [3.63, 3.8) is 0 Å². The monoisotopic (exact) mass is 414 g/mol. The lowest BCUT2D eigenvalue weighted by Crippen LogP contribution is -2.24. The van der Waals surface area contributed by atoms with Gasteiger partial charge < -0.3 is 23.7 Å². The highest BCUT2D eigenvalue weighted by Gasteiger charge is 2.35. The molecule has 0 fully saturated rings. The van der Waals surface area contributed by atoms with E-state index in [9.17, 15) is 4.79 Å². The van der Waals surface area contributed by atoms with E-state index in [0.717, 1.165) is 16.8 Å². The number of hydrogen-bond donors (Lipinski definition) is 0. The maximum atomic E-state index is 12.4. The molecule has 1 atom stereocenters. The first-order chi connectivity index (χ1) is 14.5. The highest BCUT2D eigenvalue weighted by atomic mass is 16.5. The van der Waals surface area contributed by atoms with E-state index in [1.807, 2.05) is 24.3 Å². The number of carbonyl (C=O) groups excluding carboxylic acids is 1. The summed E-state index contributed by atoms with van der Waals surface area (Å²) < 4.78 is 27.2. The zero-order valence-corrected chi connectivity index (χ0v) is 18.0. The normalized spacial score (nSPS) is 15.5. The Bertz CT molecular complexity index is 972. The number of rotatable bonds is 7. The van der Waals surface area contributed by atoms with Crippen LogP contribution in [0.1, 0.15) is 30.5 Å². The number of ether oxygens (including phenoxy) is 5. The largest absolute Gasteiger partial charge is 0.493 e. The van der Waals surface area contributed by atoms with Crippen LogP contribution in [0.4, 0.5) is 0 Å². The fraction of sp³-hybridized carbons (Fsp3) is 0.364. The van der Waals surface area contributed by atoms with Crippen LogP contribution in [-0.4, -0.2) is 52.2 Å². The van der Waals surface area contributed by atoms with Gasteiger partial charge in [-0.05, 0) is 30.3 Å². The smallest absolute Gasteiger partial charge is 0.240 e. The summed E-state index contributed by atoms with van der Waals surface area (Å²) in [6, 6.07) is 8.88. The van der Waals surface area contributed by atoms with Gasteiger partial charge in [-0.3, -0.25) is 4.79 Å². The van der Waals surface area contributed by atoms with E-state index >= 15 is 0 Å². The molecule has 0 saturated carbocycles. The van der Waals surface area contributed by atoms with Gasteiger partial charge in [0.15, 0.2) is 23.0 Å². The van der Waals surface area contributed by atoms with Crippen LogP contribution < -0.4 is 23.7 Å². The summed E-state index contributed by atoms with van der Waals surface area (Å²) in [5.74, 6) is 2.58. The summed E-state index contributed by atoms with van der Waals surface area (Å²) in [6.07, 6.45) is 0.501. The van der Waals surface area contributed by atoms with E-state index in [4.69, 9.17) is 23.7 Å². The third kappa shape index (κ3) is 3.72. The lowest BCUT2D eigenvalue weighted by atomic mass is 9.97. The SMILES string of the molecule is COc1ccc(C2=NN(C(C)=O)[C@@H](c3ccc(OC)c(OC)c3OC)C2)cc1OC. The Morgan fingerprint density at radius 1 is 0.867 bits per heavy atom. The predicted molar refractivity (Wildman–Crippen MR) is 112 cm³/mol. The molecule has 0 radical (unpaired) electrons. The van der Waals surface area contributed by atoms with Gasteiger partial charge in [0.25, 0.3) is 0 Å². The molecular formula is C22H26N2O6.